The van der Waals surface area contributed by atoms with Crippen molar-refractivity contribution in [3.8, 4) is 0 Å². The van der Waals surface area contributed by atoms with Gasteiger partial charge in [-0.25, -0.2) is 4.98 Å². The molecule has 0 amide bonds. The van der Waals surface area contributed by atoms with Gasteiger partial charge in [-0.15, -0.1) is 0 Å². The normalized spacial score (nSPS) is 18.1. The Morgan fingerprint density at radius 3 is 2.84 bits per heavy atom. The highest BCUT2D eigenvalue weighted by atomic mass is 16.4. The minimum Gasteiger partial charge on any atom is -0.480 e. The van der Waals surface area contributed by atoms with Crippen molar-refractivity contribution < 1.29 is 9.90 Å². The second-order valence-corrected chi connectivity index (χ2v) is 5.91. The fourth-order valence-electron chi connectivity index (χ4n) is 2.82. The Bertz CT molecular complexity index is 467. The van der Waals surface area contributed by atoms with Crippen LogP contribution in [0.5, 0.6) is 0 Å². The summed E-state index contributed by atoms with van der Waals surface area (Å²) >= 11 is 0. The number of aryl methyl sites for hydroxylation is 1. The first-order valence-electron chi connectivity index (χ1n) is 6.96. The zero-order valence-electron chi connectivity index (χ0n) is 11.9. The SMILES string of the molecule is CC(C)NC(C)(Cn1cnc2c1CCCC2)C(=O)O. The molecule has 5 nitrogen and oxygen atoms in total. The summed E-state index contributed by atoms with van der Waals surface area (Å²) < 4.78 is 2.01. The van der Waals surface area contributed by atoms with Gasteiger partial charge < -0.3 is 9.67 Å². The van der Waals surface area contributed by atoms with Crippen LogP contribution in [0.15, 0.2) is 6.33 Å². The van der Waals surface area contributed by atoms with E-state index in [-0.39, 0.29) is 6.04 Å². The summed E-state index contributed by atoms with van der Waals surface area (Å²) in [6, 6.07) is 0.125. The number of rotatable bonds is 5. The van der Waals surface area contributed by atoms with Gasteiger partial charge in [0.25, 0.3) is 0 Å². The second kappa shape index (κ2) is 5.33. The monoisotopic (exact) mass is 265 g/mol. The number of hydrogen-bond acceptors (Lipinski definition) is 3. The first kappa shape index (κ1) is 14.1. The number of carbonyl (C=O) groups is 1. The zero-order valence-corrected chi connectivity index (χ0v) is 11.9. The lowest BCUT2D eigenvalue weighted by atomic mass is 9.98. The smallest absolute Gasteiger partial charge is 0.325 e. The molecular weight excluding hydrogens is 242 g/mol. The third kappa shape index (κ3) is 2.97. The fraction of sp³-hybridized carbons (Fsp3) is 0.714. The highest BCUT2D eigenvalue weighted by molar-refractivity contribution is 5.78. The van der Waals surface area contributed by atoms with E-state index in [4.69, 9.17) is 0 Å². The van der Waals surface area contributed by atoms with Gasteiger partial charge in [-0.3, -0.25) is 10.1 Å². The van der Waals surface area contributed by atoms with Crippen LogP contribution in [0.3, 0.4) is 0 Å². The Kier molecular flexibility index (Phi) is 3.94. The van der Waals surface area contributed by atoms with E-state index in [1.807, 2.05) is 18.4 Å². The van der Waals surface area contributed by atoms with Gasteiger partial charge in [-0.05, 0) is 46.5 Å². The first-order valence-corrected chi connectivity index (χ1v) is 6.96. The van der Waals surface area contributed by atoms with Crippen molar-refractivity contribution in [3.63, 3.8) is 0 Å². The first-order chi connectivity index (χ1) is 8.92. The largest absolute Gasteiger partial charge is 0.480 e. The molecule has 5 heteroatoms. The fourth-order valence-corrected chi connectivity index (χ4v) is 2.82. The summed E-state index contributed by atoms with van der Waals surface area (Å²) in [5, 5.41) is 12.6. The summed E-state index contributed by atoms with van der Waals surface area (Å²) in [7, 11) is 0. The molecule has 1 atom stereocenters. The Morgan fingerprint density at radius 2 is 2.21 bits per heavy atom. The molecule has 1 aliphatic rings. The van der Waals surface area contributed by atoms with Gasteiger partial charge >= 0.3 is 5.97 Å². The van der Waals surface area contributed by atoms with Gasteiger partial charge in [0.2, 0.25) is 0 Å². The third-order valence-corrected chi connectivity index (χ3v) is 3.68. The molecule has 1 aliphatic carbocycles. The van der Waals surface area contributed by atoms with Crippen LogP contribution in [0.1, 0.15) is 45.0 Å². The summed E-state index contributed by atoms with van der Waals surface area (Å²) in [5.41, 5.74) is 1.40. The van der Waals surface area contributed by atoms with Crippen LogP contribution in [0.4, 0.5) is 0 Å². The number of nitrogens with one attached hydrogen (secondary N) is 1. The molecule has 1 aromatic heterocycles. The van der Waals surface area contributed by atoms with Gasteiger partial charge in [-0.2, -0.15) is 0 Å². The van der Waals surface area contributed by atoms with Crippen LogP contribution >= 0.6 is 0 Å². The molecule has 0 radical (unpaired) electrons. The lowest BCUT2D eigenvalue weighted by molar-refractivity contribution is -0.145. The molecule has 0 saturated carbocycles. The molecular formula is C14H23N3O2. The van der Waals surface area contributed by atoms with Crippen molar-refractivity contribution in [1.82, 2.24) is 14.9 Å². The van der Waals surface area contributed by atoms with Crippen molar-refractivity contribution >= 4 is 5.97 Å². The van der Waals surface area contributed by atoms with Gasteiger partial charge in [0.05, 0.1) is 18.6 Å². The molecule has 106 valence electrons. The molecule has 0 aliphatic heterocycles. The molecule has 2 rings (SSSR count). The highest BCUT2D eigenvalue weighted by Crippen LogP contribution is 2.22. The minimum absolute atomic E-state index is 0.125. The molecule has 0 saturated heterocycles. The number of hydrogen-bond donors (Lipinski definition) is 2. The maximum atomic E-state index is 11.6. The van der Waals surface area contributed by atoms with E-state index in [9.17, 15) is 9.90 Å². The summed E-state index contributed by atoms with van der Waals surface area (Å²) in [5.74, 6) is -0.820. The topological polar surface area (TPSA) is 67.2 Å². The maximum absolute atomic E-state index is 11.6. The van der Waals surface area contributed by atoms with Crippen LogP contribution in [0.2, 0.25) is 0 Å². The molecule has 1 heterocycles. The Labute approximate surface area is 114 Å². The van der Waals surface area contributed by atoms with Crippen LogP contribution in [-0.2, 0) is 24.2 Å². The van der Waals surface area contributed by atoms with Crippen LogP contribution in [-0.4, -0.2) is 32.2 Å². The van der Waals surface area contributed by atoms with Crippen molar-refractivity contribution in [1.29, 1.82) is 0 Å². The third-order valence-electron chi connectivity index (χ3n) is 3.68. The van der Waals surface area contributed by atoms with Gasteiger partial charge in [0.1, 0.15) is 5.54 Å². The molecule has 1 unspecified atom stereocenters. The Morgan fingerprint density at radius 1 is 1.53 bits per heavy atom. The van der Waals surface area contributed by atoms with Crippen molar-refractivity contribution in [2.45, 2.75) is 64.6 Å². The number of aliphatic carboxylic acids is 1. The number of carboxylic acids is 1. The maximum Gasteiger partial charge on any atom is 0.325 e. The predicted octanol–water partition coefficient (Wildman–Crippen LogP) is 1.60. The number of fused-ring (bicyclic) bond motifs is 1. The van der Waals surface area contributed by atoms with Crippen LogP contribution in [0, 0.1) is 0 Å². The van der Waals surface area contributed by atoms with E-state index in [0.717, 1.165) is 18.5 Å². The van der Waals surface area contributed by atoms with E-state index in [1.165, 1.54) is 18.5 Å². The molecule has 0 aromatic carbocycles. The Balaban J connectivity index is 2.22. The average molecular weight is 265 g/mol. The molecule has 0 spiro atoms. The summed E-state index contributed by atoms with van der Waals surface area (Å²) in [6.07, 6.45) is 6.17. The van der Waals surface area contributed by atoms with E-state index in [1.54, 1.807) is 13.3 Å². The standard InChI is InChI=1S/C14H23N3O2/c1-10(2)16-14(3,13(18)19)8-17-9-15-11-6-4-5-7-12(11)17/h9-10,16H,4-8H2,1-3H3,(H,18,19). The minimum atomic E-state index is -0.958. The number of nitrogens with zero attached hydrogens (tertiary/aromatic N) is 2. The molecule has 2 N–H and O–H groups in total. The molecule has 0 fully saturated rings. The number of aromatic nitrogens is 2. The molecule has 0 bridgehead atoms. The van der Waals surface area contributed by atoms with Crippen molar-refractivity contribution in [3.05, 3.63) is 17.7 Å². The number of carboxylic acid groups (broad SMARTS) is 1. The lowest BCUT2D eigenvalue weighted by Gasteiger charge is -2.30. The van der Waals surface area contributed by atoms with E-state index in [2.05, 4.69) is 10.3 Å². The quantitative estimate of drug-likeness (QED) is 0.848. The van der Waals surface area contributed by atoms with E-state index >= 15 is 0 Å². The molecule has 19 heavy (non-hydrogen) atoms. The lowest BCUT2D eigenvalue weighted by Crippen LogP contribution is -2.55. The van der Waals surface area contributed by atoms with Crippen LogP contribution < -0.4 is 5.32 Å². The van der Waals surface area contributed by atoms with Gasteiger partial charge in [0.15, 0.2) is 0 Å². The predicted molar refractivity (Wildman–Crippen MR) is 73.2 cm³/mol. The van der Waals surface area contributed by atoms with Crippen molar-refractivity contribution in [2.75, 3.05) is 0 Å². The van der Waals surface area contributed by atoms with E-state index in [0.29, 0.717) is 6.54 Å². The van der Waals surface area contributed by atoms with Gasteiger partial charge in [0, 0.05) is 11.7 Å². The zero-order chi connectivity index (χ0) is 14.0. The highest BCUT2D eigenvalue weighted by Gasteiger charge is 2.35. The van der Waals surface area contributed by atoms with Crippen molar-refractivity contribution in [2.24, 2.45) is 0 Å². The average Bonchev–Trinajstić information content (AvgIpc) is 2.71. The van der Waals surface area contributed by atoms with Gasteiger partial charge in [-0.1, -0.05) is 0 Å². The van der Waals surface area contributed by atoms with E-state index < -0.39 is 11.5 Å². The summed E-state index contributed by atoms with van der Waals surface area (Å²) in [6.45, 7) is 6.09. The van der Waals surface area contributed by atoms with Crippen LogP contribution in [0.25, 0.3) is 0 Å². The Hall–Kier alpha value is -1.36. The second-order valence-electron chi connectivity index (χ2n) is 5.91. The summed E-state index contributed by atoms with van der Waals surface area (Å²) in [4.78, 5) is 16.0. The molecule has 1 aromatic rings. The number of imidazole rings is 1.